The van der Waals surface area contributed by atoms with E-state index < -0.39 is 5.97 Å². The first-order chi connectivity index (χ1) is 11.1. The third kappa shape index (κ3) is 2.29. The highest BCUT2D eigenvalue weighted by molar-refractivity contribution is 7.03. The molecule has 2 N–H and O–H groups in total. The first kappa shape index (κ1) is 13.9. The molecular weight excluding hydrogens is 318 g/mol. The molecule has 8 nitrogen and oxygen atoms in total. The van der Waals surface area contributed by atoms with Crippen LogP contribution in [0.15, 0.2) is 23.6 Å². The summed E-state index contributed by atoms with van der Waals surface area (Å²) in [6, 6.07) is 4.55. The number of carboxylic acids is 1. The van der Waals surface area contributed by atoms with Crippen LogP contribution < -0.4 is 15.1 Å². The predicted molar refractivity (Wildman–Crippen MR) is 85.4 cm³/mol. The van der Waals surface area contributed by atoms with E-state index in [-0.39, 0.29) is 17.8 Å². The molecule has 2 aromatic rings. The first-order valence-corrected chi connectivity index (χ1v) is 7.97. The lowest BCUT2D eigenvalue weighted by molar-refractivity contribution is 0.0690. The van der Waals surface area contributed by atoms with Crippen molar-refractivity contribution < 1.29 is 14.7 Å². The van der Waals surface area contributed by atoms with Gasteiger partial charge in [0.05, 0.1) is 11.7 Å². The number of carbonyl (C=O) groups excluding carboxylic acids is 1. The van der Waals surface area contributed by atoms with Gasteiger partial charge in [0.15, 0.2) is 11.5 Å². The van der Waals surface area contributed by atoms with E-state index >= 15 is 0 Å². The van der Waals surface area contributed by atoms with Gasteiger partial charge in [-0.05, 0) is 36.2 Å². The van der Waals surface area contributed by atoms with Crippen LogP contribution in [0.1, 0.15) is 16.9 Å². The van der Waals surface area contributed by atoms with Gasteiger partial charge in [-0.15, -0.1) is 0 Å². The minimum absolute atomic E-state index is 0.0160. The van der Waals surface area contributed by atoms with Gasteiger partial charge in [0.1, 0.15) is 5.82 Å². The summed E-state index contributed by atoms with van der Waals surface area (Å²) in [5.41, 5.74) is 0.717. The second kappa shape index (κ2) is 5.20. The molecule has 1 atom stereocenters. The lowest BCUT2D eigenvalue weighted by Gasteiger charge is -2.35. The van der Waals surface area contributed by atoms with Crippen LogP contribution in [0.3, 0.4) is 0 Å². The molecule has 2 aromatic heterocycles. The summed E-state index contributed by atoms with van der Waals surface area (Å²) in [4.78, 5) is 31.7. The molecule has 0 radical (unpaired) electrons. The highest BCUT2D eigenvalue weighted by atomic mass is 32.1. The number of anilines is 3. The fourth-order valence-electron chi connectivity index (χ4n) is 3.04. The van der Waals surface area contributed by atoms with E-state index in [1.165, 1.54) is 17.6 Å². The monoisotopic (exact) mass is 331 g/mol. The van der Waals surface area contributed by atoms with Gasteiger partial charge >= 0.3 is 12.0 Å². The molecule has 0 spiro atoms. The van der Waals surface area contributed by atoms with Gasteiger partial charge in [-0.25, -0.2) is 14.6 Å². The molecule has 2 aliphatic rings. The summed E-state index contributed by atoms with van der Waals surface area (Å²) < 4.78 is 4.07. The maximum atomic E-state index is 12.7. The Hall–Kier alpha value is -2.68. The SMILES string of the molecule is O=C(O)c1ccc2c(n1)N(C(=O)Nc1ccsn1)[C@H]1CCN2C1. The van der Waals surface area contributed by atoms with Crippen LogP contribution in [0.4, 0.5) is 22.1 Å². The number of carboxylic acid groups (broad SMARTS) is 1. The molecule has 2 aliphatic heterocycles. The molecule has 0 saturated carbocycles. The summed E-state index contributed by atoms with van der Waals surface area (Å²) in [6.45, 7) is 1.55. The minimum atomic E-state index is -1.11. The Bertz CT molecular complexity index is 779. The van der Waals surface area contributed by atoms with E-state index in [4.69, 9.17) is 5.11 Å². The number of aromatic carboxylic acids is 1. The van der Waals surface area contributed by atoms with Gasteiger partial charge in [0.25, 0.3) is 0 Å². The third-order valence-corrected chi connectivity index (χ3v) is 4.62. The third-order valence-electron chi connectivity index (χ3n) is 4.06. The number of rotatable bonds is 2. The number of urea groups is 1. The van der Waals surface area contributed by atoms with Crippen molar-refractivity contribution in [3.63, 3.8) is 0 Å². The van der Waals surface area contributed by atoms with E-state index in [1.54, 1.807) is 22.4 Å². The van der Waals surface area contributed by atoms with Crippen molar-refractivity contribution in [2.75, 3.05) is 28.2 Å². The molecule has 23 heavy (non-hydrogen) atoms. The van der Waals surface area contributed by atoms with Gasteiger partial charge in [-0.1, -0.05) is 0 Å². The first-order valence-electron chi connectivity index (χ1n) is 7.13. The number of pyridine rings is 1. The topological polar surface area (TPSA) is 98.7 Å². The van der Waals surface area contributed by atoms with Crippen LogP contribution in [0.25, 0.3) is 0 Å². The normalized spacial score (nSPS) is 18.7. The molecule has 4 heterocycles. The van der Waals surface area contributed by atoms with Crippen molar-refractivity contribution in [1.82, 2.24) is 9.36 Å². The lowest BCUT2D eigenvalue weighted by Crippen LogP contribution is -2.48. The van der Waals surface area contributed by atoms with Crippen LogP contribution in [0.2, 0.25) is 0 Å². The molecule has 0 aromatic carbocycles. The summed E-state index contributed by atoms with van der Waals surface area (Å²) in [5.74, 6) is -0.233. The smallest absolute Gasteiger partial charge is 0.354 e. The number of hydrogen-bond donors (Lipinski definition) is 2. The average molecular weight is 331 g/mol. The molecule has 9 heteroatoms. The number of hydrogen-bond acceptors (Lipinski definition) is 6. The summed E-state index contributed by atoms with van der Waals surface area (Å²) in [7, 11) is 0. The second-order valence-corrected chi connectivity index (χ2v) is 6.08. The lowest BCUT2D eigenvalue weighted by atomic mass is 10.2. The van der Waals surface area contributed by atoms with Crippen molar-refractivity contribution >= 4 is 40.9 Å². The molecule has 4 rings (SSSR count). The van der Waals surface area contributed by atoms with Gasteiger partial charge in [-0.2, -0.15) is 4.37 Å². The molecule has 1 saturated heterocycles. The average Bonchev–Trinajstić information content (AvgIpc) is 3.18. The van der Waals surface area contributed by atoms with Gasteiger partial charge in [0.2, 0.25) is 0 Å². The Kier molecular flexibility index (Phi) is 3.15. The second-order valence-electron chi connectivity index (χ2n) is 5.42. The molecular formula is C14H13N5O3S. The quantitative estimate of drug-likeness (QED) is 0.871. The Morgan fingerprint density at radius 1 is 1.35 bits per heavy atom. The fraction of sp³-hybridized carbons (Fsp3) is 0.286. The Morgan fingerprint density at radius 3 is 2.96 bits per heavy atom. The molecule has 2 amide bonds. The van der Waals surface area contributed by atoms with Crippen LogP contribution in [0, 0.1) is 0 Å². The summed E-state index contributed by atoms with van der Waals surface area (Å²) >= 11 is 1.25. The largest absolute Gasteiger partial charge is 0.477 e. The Morgan fingerprint density at radius 2 is 2.22 bits per heavy atom. The number of fused-ring (bicyclic) bond motifs is 4. The van der Waals surface area contributed by atoms with Gasteiger partial charge in [0, 0.05) is 18.5 Å². The van der Waals surface area contributed by atoms with E-state index in [9.17, 15) is 9.59 Å². The zero-order valence-electron chi connectivity index (χ0n) is 12.0. The van der Waals surface area contributed by atoms with Gasteiger partial charge < -0.3 is 10.0 Å². The highest BCUT2D eigenvalue weighted by Crippen LogP contribution is 2.39. The molecule has 118 valence electrons. The van der Waals surface area contributed by atoms with E-state index in [2.05, 4.69) is 19.6 Å². The van der Waals surface area contributed by atoms with Crippen molar-refractivity contribution in [1.29, 1.82) is 0 Å². The fourth-order valence-corrected chi connectivity index (χ4v) is 3.51. The molecule has 0 unspecified atom stereocenters. The number of aromatic nitrogens is 2. The minimum Gasteiger partial charge on any atom is -0.477 e. The van der Waals surface area contributed by atoms with Crippen LogP contribution in [-0.4, -0.2) is 45.6 Å². The molecule has 2 bridgehead atoms. The van der Waals surface area contributed by atoms with Crippen LogP contribution >= 0.6 is 11.5 Å². The van der Waals surface area contributed by atoms with E-state index in [1.807, 2.05) is 0 Å². The standard InChI is InChI=1S/C14H13N5O3S/c20-13(21)9-1-2-10-12(15-9)19(8-3-5-18(10)7-8)14(22)16-11-4-6-23-17-11/h1-2,4,6,8H,3,5,7H2,(H,20,21)(H,16,17,22)/t8-/m0/s1. The van der Waals surface area contributed by atoms with Gasteiger partial charge in [-0.3, -0.25) is 10.2 Å². The summed E-state index contributed by atoms with van der Waals surface area (Å²) in [5, 5.41) is 13.7. The molecule has 1 fully saturated rings. The zero-order chi connectivity index (χ0) is 16.0. The van der Waals surface area contributed by atoms with Crippen molar-refractivity contribution in [2.24, 2.45) is 0 Å². The van der Waals surface area contributed by atoms with E-state index in [0.717, 1.165) is 25.2 Å². The molecule has 0 aliphatic carbocycles. The zero-order valence-corrected chi connectivity index (χ0v) is 12.8. The van der Waals surface area contributed by atoms with Crippen LogP contribution in [0.5, 0.6) is 0 Å². The van der Waals surface area contributed by atoms with E-state index in [0.29, 0.717) is 11.6 Å². The maximum absolute atomic E-state index is 12.7. The van der Waals surface area contributed by atoms with Crippen molar-refractivity contribution in [2.45, 2.75) is 12.5 Å². The number of nitrogens with zero attached hydrogens (tertiary/aromatic N) is 4. The predicted octanol–water partition coefficient (Wildman–Crippen LogP) is 1.87. The van der Waals surface area contributed by atoms with Crippen molar-refractivity contribution in [3.8, 4) is 0 Å². The number of carbonyl (C=O) groups is 2. The van der Waals surface area contributed by atoms with Crippen LogP contribution in [-0.2, 0) is 0 Å². The number of amides is 2. The summed E-state index contributed by atoms with van der Waals surface area (Å²) in [6.07, 6.45) is 0.823. The number of nitrogens with one attached hydrogen (secondary N) is 1. The Balaban J connectivity index is 1.73. The Labute approximate surface area is 135 Å². The maximum Gasteiger partial charge on any atom is 0.354 e. The highest BCUT2D eigenvalue weighted by Gasteiger charge is 2.40. The van der Waals surface area contributed by atoms with Crippen molar-refractivity contribution in [3.05, 3.63) is 29.3 Å².